The van der Waals surface area contributed by atoms with Gasteiger partial charge in [0.1, 0.15) is 24.5 Å². The molecule has 2 fully saturated rings. The number of carbonyl (C=O) groups excluding carboxylic acids is 2. The highest BCUT2D eigenvalue weighted by atomic mass is 19.1. The molecule has 4 heterocycles. The van der Waals surface area contributed by atoms with Gasteiger partial charge in [0.05, 0.1) is 19.5 Å². The molecule has 2 N–H and O–H groups in total. The summed E-state index contributed by atoms with van der Waals surface area (Å²) in [6, 6.07) is 0. The maximum atomic E-state index is 13.6. The number of halogens is 1. The van der Waals surface area contributed by atoms with Crippen molar-refractivity contribution in [3.63, 3.8) is 0 Å². The molecule has 29 heavy (non-hydrogen) atoms. The van der Waals surface area contributed by atoms with Gasteiger partial charge >= 0.3 is 18.4 Å². The Morgan fingerprint density at radius 1 is 1.21 bits per heavy atom. The van der Waals surface area contributed by atoms with Gasteiger partial charge in [-0.1, -0.05) is 0 Å². The van der Waals surface area contributed by atoms with Gasteiger partial charge in [-0.05, 0) is 6.92 Å². The second-order valence-electron chi connectivity index (χ2n) is 6.77. The van der Waals surface area contributed by atoms with Crippen LogP contribution in [0.2, 0.25) is 0 Å². The molecule has 0 unspecified atom stereocenters. The fourth-order valence-electron chi connectivity index (χ4n) is 3.22. The first-order valence-corrected chi connectivity index (χ1v) is 8.82. The Morgan fingerprint density at radius 2 is 1.97 bits per heavy atom. The number of nitrogens with two attached hydrogens (primary N) is 1. The summed E-state index contributed by atoms with van der Waals surface area (Å²) in [5.41, 5.74) is 4.77. The largest absolute Gasteiger partial charge is 0.508 e. The molecular weight excluding hydrogens is 393 g/mol. The monoisotopic (exact) mass is 411 g/mol. The number of rotatable bonds is 1. The molecular formula is C16H18FN5O7. The summed E-state index contributed by atoms with van der Waals surface area (Å²) in [6.45, 7) is 1.40. The maximum absolute atomic E-state index is 13.6. The highest BCUT2D eigenvalue weighted by molar-refractivity contribution is 5.81. The fourth-order valence-corrected chi connectivity index (χ4v) is 3.22. The minimum atomic E-state index is -1.23. The molecule has 0 aliphatic carbocycles. The Labute approximate surface area is 163 Å². The van der Waals surface area contributed by atoms with E-state index < -0.39 is 36.3 Å². The smallest absolute Gasteiger partial charge is 0.434 e. The van der Waals surface area contributed by atoms with E-state index in [9.17, 15) is 14.0 Å². The van der Waals surface area contributed by atoms with Gasteiger partial charge in [-0.3, -0.25) is 4.57 Å². The highest BCUT2D eigenvalue weighted by Crippen LogP contribution is 2.40. The molecule has 0 saturated carbocycles. The summed E-state index contributed by atoms with van der Waals surface area (Å²) >= 11 is 0. The minimum Gasteiger partial charge on any atom is -0.434 e. The van der Waals surface area contributed by atoms with Crippen LogP contribution in [0.15, 0.2) is 6.33 Å². The van der Waals surface area contributed by atoms with Gasteiger partial charge in [-0.25, -0.2) is 14.6 Å². The molecule has 13 heteroatoms. The van der Waals surface area contributed by atoms with Crippen molar-refractivity contribution in [1.82, 2.24) is 19.5 Å². The number of nitrogen functional groups attached to an aromatic ring is 1. The van der Waals surface area contributed by atoms with Gasteiger partial charge in [0.15, 0.2) is 17.0 Å². The Kier molecular flexibility index (Phi) is 4.82. The molecule has 12 nitrogen and oxygen atoms in total. The number of hydrogen-bond acceptors (Lipinski definition) is 11. The van der Waals surface area contributed by atoms with Crippen molar-refractivity contribution in [3.05, 3.63) is 12.4 Å². The van der Waals surface area contributed by atoms with Crippen LogP contribution in [0.4, 0.5) is 19.8 Å². The molecule has 156 valence electrons. The quantitative estimate of drug-likeness (QED) is 0.534. The third kappa shape index (κ3) is 3.72. The molecule has 2 aromatic rings. The SMILES string of the molecule is C[C@@]12COC(=O)OCCCOC(=O)O[C@H]1C[C@H](n1cnc3c(N)nc(F)nc31)O2. The molecule has 0 spiro atoms. The average Bonchev–Trinajstić information content (AvgIpc) is 3.21. The Balaban J connectivity index is 1.63. The number of ether oxygens (including phenoxy) is 5. The standard InChI is InChI=1S/C16H18FN5O7/c1-16-6-27-14(23)25-3-2-4-26-15(24)28-8(16)5-9(29-16)22-7-19-10-11(18)20-13(17)21-12(10)22/h7-9H,2-6H2,1H3,(H2,18,20,21)/t8-,9+,16+/m0/s1. The number of cyclic esters (lactones) is 3. The summed E-state index contributed by atoms with van der Waals surface area (Å²) in [6.07, 6.45) is -2.57. The number of anilines is 1. The lowest BCUT2D eigenvalue weighted by atomic mass is 10.00. The maximum Gasteiger partial charge on any atom is 0.508 e. The molecule has 0 amide bonds. The Hall–Kier alpha value is -3.22. The third-order valence-corrected chi connectivity index (χ3v) is 4.68. The van der Waals surface area contributed by atoms with Gasteiger partial charge < -0.3 is 29.4 Å². The van der Waals surface area contributed by atoms with E-state index in [1.165, 1.54) is 10.9 Å². The molecule has 2 aliphatic rings. The molecule has 3 atom stereocenters. The number of nitrogens with zero attached hydrogens (tertiary/aromatic N) is 4. The van der Waals surface area contributed by atoms with E-state index >= 15 is 0 Å². The van der Waals surface area contributed by atoms with E-state index in [2.05, 4.69) is 15.0 Å². The number of aromatic nitrogens is 4. The van der Waals surface area contributed by atoms with Crippen molar-refractivity contribution in [1.29, 1.82) is 0 Å². The normalized spacial score (nSPS) is 28.3. The van der Waals surface area contributed by atoms with Crippen molar-refractivity contribution in [3.8, 4) is 0 Å². The number of carbonyl (C=O) groups is 2. The van der Waals surface area contributed by atoms with E-state index in [4.69, 9.17) is 29.4 Å². The first kappa shape index (κ1) is 19.1. The fraction of sp³-hybridized carbons (Fsp3) is 0.562. The molecule has 0 aromatic carbocycles. The van der Waals surface area contributed by atoms with Gasteiger partial charge in [0, 0.05) is 12.8 Å². The lowest BCUT2D eigenvalue weighted by Crippen LogP contribution is -2.44. The van der Waals surface area contributed by atoms with Crippen molar-refractivity contribution < 1.29 is 37.7 Å². The second kappa shape index (κ2) is 7.31. The van der Waals surface area contributed by atoms with Crippen LogP contribution < -0.4 is 5.73 Å². The van der Waals surface area contributed by atoms with Crippen molar-refractivity contribution in [2.75, 3.05) is 25.6 Å². The van der Waals surface area contributed by atoms with E-state index in [-0.39, 0.29) is 43.2 Å². The van der Waals surface area contributed by atoms with Crippen molar-refractivity contribution in [2.24, 2.45) is 0 Å². The summed E-state index contributed by atoms with van der Waals surface area (Å²) in [4.78, 5) is 35.0. The topological polar surface area (TPSA) is 150 Å². The van der Waals surface area contributed by atoms with Crippen LogP contribution >= 0.6 is 0 Å². The molecule has 2 aromatic heterocycles. The van der Waals surface area contributed by atoms with Crippen LogP contribution in [0.3, 0.4) is 0 Å². The summed E-state index contributed by atoms with van der Waals surface area (Å²) in [5.74, 6) is -0.118. The van der Waals surface area contributed by atoms with Gasteiger partial charge in [-0.15, -0.1) is 0 Å². The van der Waals surface area contributed by atoms with Gasteiger partial charge in [0.25, 0.3) is 0 Å². The first-order chi connectivity index (χ1) is 13.9. The predicted molar refractivity (Wildman–Crippen MR) is 91.0 cm³/mol. The average molecular weight is 411 g/mol. The number of imidazole rings is 1. The molecule has 0 bridgehead atoms. The molecule has 0 radical (unpaired) electrons. The molecule has 4 rings (SSSR count). The van der Waals surface area contributed by atoms with Crippen LogP contribution in [0, 0.1) is 6.08 Å². The van der Waals surface area contributed by atoms with Crippen LogP contribution in [0.1, 0.15) is 26.0 Å². The first-order valence-electron chi connectivity index (χ1n) is 8.82. The summed E-state index contributed by atoms with van der Waals surface area (Å²) in [5, 5.41) is 0. The van der Waals surface area contributed by atoms with Crippen molar-refractivity contribution in [2.45, 2.75) is 37.7 Å². The van der Waals surface area contributed by atoms with Crippen LogP contribution in [0.25, 0.3) is 11.2 Å². The zero-order chi connectivity index (χ0) is 20.6. The highest BCUT2D eigenvalue weighted by Gasteiger charge is 2.50. The van der Waals surface area contributed by atoms with Crippen LogP contribution in [-0.2, 0) is 23.7 Å². The number of fused-ring (bicyclic) bond motifs is 2. The summed E-state index contributed by atoms with van der Waals surface area (Å²) in [7, 11) is 0. The van der Waals surface area contributed by atoms with E-state index in [1.54, 1.807) is 6.92 Å². The number of hydrogen-bond donors (Lipinski definition) is 1. The van der Waals surface area contributed by atoms with Crippen LogP contribution in [-0.4, -0.2) is 63.4 Å². The zero-order valence-corrected chi connectivity index (χ0v) is 15.4. The Morgan fingerprint density at radius 3 is 2.76 bits per heavy atom. The van der Waals surface area contributed by atoms with E-state index in [1.807, 2.05) is 0 Å². The predicted octanol–water partition coefficient (Wildman–Crippen LogP) is 1.30. The van der Waals surface area contributed by atoms with Gasteiger partial charge in [-0.2, -0.15) is 14.4 Å². The second-order valence-corrected chi connectivity index (χ2v) is 6.77. The van der Waals surface area contributed by atoms with Gasteiger partial charge in [0.2, 0.25) is 0 Å². The minimum absolute atomic E-state index is 0.0153. The van der Waals surface area contributed by atoms with E-state index in [0.717, 1.165) is 0 Å². The zero-order valence-electron chi connectivity index (χ0n) is 15.4. The van der Waals surface area contributed by atoms with E-state index in [0.29, 0.717) is 6.42 Å². The lowest BCUT2D eigenvalue weighted by Gasteiger charge is -2.29. The molecule has 2 aliphatic heterocycles. The molecule has 2 saturated heterocycles. The van der Waals surface area contributed by atoms with Crippen LogP contribution in [0.5, 0.6) is 0 Å². The summed E-state index contributed by atoms with van der Waals surface area (Å²) < 4.78 is 41.5. The lowest BCUT2D eigenvalue weighted by molar-refractivity contribution is -0.129. The van der Waals surface area contributed by atoms with Crippen molar-refractivity contribution >= 4 is 29.3 Å². The third-order valence-electron chi connectivity index (χ3n) is 4.68. The Bertz CT molecular complexity index is 953.